The van der Waals surface area contributed by atoms with Gasteiger partial charge in [-0.1, -0.05) is 42.6 Å². The Morgan fingerprint density at radius 3 is 2.37 bits per heavy atom. The average Bonchev–Trinajstić information content (AvgIpc) is 3.26. The quantitative estimate of drug-likeness (QED) is 0.606. The third kappa shape index (κ3) is 7.06. The Labute approximate surface area is 202 Å². The fourth-order valence-electron chi connectivity index (χ4n) is 4.51. The van der Waals surface area contributed by atoms with Crippen molar-refractivity contribution in [2.24, 2.45) is 5.92 Å². The topological polar surface area (TPSA) is 86.9 Å². The number of benzene rings is 1. The predicted molar refractivity (Wildman–Crippen MR) is 124 cm³/mol. The summed E-state index contributed by atoms with van der Waals surface area (Å²) in [7, 11) is 0. The number of aliphatic carboxylic acids is 1. The zero-order valence-corrected chi connectivity index (χ0v) is 20.1. The molecule has 1 fully saturated rings. The Kier molecular flexibility index (Phi) is 8.93. The number of fused-ring (bicyclic) bond motifs is 1. The molecule has 1 aromatic carbocycles. The Balaban J connectivity index is 0.000000429. The van der Waals surface area contributed by atoms with Crippen molar-refractivity contribution in [3.63, 3.8) is 0 Å². The molecule has 1 saturated carbocycles. The highest BCUT2D eigenvalue weighted by atomic mass is 19.4. The normalized spacial score (nSPS) is 16.9. The fourth-order valence-corrected chi connectivity index (χ4v) is 4.51. The largest absolute Gasteiger partial charge is 0.490 e. The molecule has 4 rings (SSSR count). The van der Waals surface area contributed by atoms with E-state index in [1.54, 1.807) is 0 Å². The van der Waals surface area contributed by atoms with Crippen molar-refractivity contribution < 1.29 is 32.4 Å². The molecular formula is C25H32F3N3O4. The second-order valence-electron chi connectivity index (χ2n) is 9.31. The van der Waals surface area contributed by atoms with E-state index in [1.165, 1.54) is 32.1 Å². The lowest BCUT2D eigenvalue weighted by atomic mass is 9.88. The molecule has 1 aliphatic carbocycles. The number of halogens is 3. The molecule has 1 amide bonds. The number of anilines is 1. The molecule has 0 atom stereocenters. The van der Waals surface area contributed by atoms with E-state index in [2.05, 4.69) is 23.9 Å². The van der Waals surface area contributed by atoms with Crippen LogP contribution in [0.1, 0.15) is 67.8 Å². The van der Waals surface area contributed by atoms with Crippen molar-refractivity contribution in [3.05, 3.63) is 47.3 Å². The second-order valence-corrected chi connectivity index (χ2v) is 9.31. The minimum absolute atomic E-state index is 0.0209. The Bertz CT molecular complexity index is 986. The molecule has 35 heavy (non-hydrogen) atoms. The highest BCUT2D eigenvalue weighted by molar-refractivity contribution is 6.05. The van der Waals surface area contributed by atoms with Gasteiger partial charge in [0.15, 0.2) is 5.69 Å². The zero-order valence-electron chi connectivity index (χ0n) is 20.1. The number of carboxylic acids is 1. The molecule has 7 nitrogen and oxygen atoms in total. The van der Waals surface area contributed by atoms with Crippen molar-refractivity contribution in [2.45, 2.75) is 71.1 Å². The number of para-hydroxylation sites is 1. The van der Waals surface area contributed by atoms with Crippen LogP contribution in [0.5, 0.6) is 0 Å². The van der Waals surface area contributed by atoms with Gasteiger partial charge in [-0.25, -0.2) is 4.79 Å². The van der Waals surface area contributed by atoms with Crippen LogP contribution >= 0.6 is 0 Å². The van der Waals surface area contributed by atoms with Crippen molar-refractivity contribution in [3.8, 4) is 0 Å². The number of hydrogen-bond acceptors (Lipinski definition) is 5. The molecule has 0 spiro atoms. The van der Waals surface area contributed by atoms with E-state index < -0.39 is 12.1 Å². The van der Waals surface area contributed by atoms with Crippen LogP contribution in [0.3, 0.4) is 0 Å². The van der Waals surface area contributed by atoms with E-state index in [0.717, 1.165) is 43.1 Å². The molecule has 0 saturated heterocycles. The summed E-state index contributed by atoms with van der Waals surface area (Å²) in [6, 6.07) is 10.5. The van der Waals surface area contributed by atoms with Crippen LogP contribution in [0, 0.1) is 5.92 Å². The van der Waals surface area contributed by atoms with E-state index in [9.17, 15) is 18.0 Å². The molecule has 1 aromatic heterocycles. The first kappa shape index (κ1) is 26.7. The highest BCUT2D eigenvalue weighted by Gasteiger charge is 2.38. The van der Waals surface area contributed by atoms with Gasteiger partial charge >= 0.3 is 12.1 Å². The molecule has 2 aromatic rings. The predicted octanol–water partition coefficient (Wildman–Crippen LogP) is 5.30. The molecule has 0 bridgehead atoms. The van der Waals surface area contributed by atoms with Gasteiger partial charge in [-0.3, -0.25) is 9.69 Å². The molecule has 0 unspecified atom stereocenters. The average molecular weight is 496 g/mol. The zero-order chi connectivity index (χ0) is 25.6. The minimum atomic E-state index is -5.08. The Hall–Kier alpha value is -2.88. The van der Waals surface area contributed by atoms with Gasteiger partial charge in [-0.2, -0.15) is 13.2 Å². The summed E-state index contributed by atoms with van der Waals surface area (Å²) in [5.74, 6) is -1.33. The Morgan fingerprint density at radius 2 is 1.80 bits per heavy atom. The van der Waals surface area contributed by atoms with Crippen molar-refractivity contribution >= 4 is 17.6 Å². The van der Waals surface area contributed by atoms with Crippen molar-refractivity contribution in [1.82, 2.24) is 10.1 Å². The summed E-state index contributed by atoms with van der Waals surface area (Å²) in [6.45, 7) is 6.85. The van der Waals surface area contributed by atoms with Gasteiger partial charge in [0.2, 0.25) is 0 Å². The summed E-state index contributed by atoms with van der Waals surface area (Å²) >= 11 is 0. The highest BCUT2D eigenvalue weighted by Crippen LogP contribution is 2.30. The van der Waals surface area contributed by atoms with Gasteiger partial charge in [0.25, 0.3) is 5.91 Å². The van der Waals surface area contributed by atoms with E-state index in [1.807, 2.05) is 35.2 Å². The smallest absolute Gasteiger partial charge is 0.475 e. The SMILES string of the molecule is CC(C)N1CCc2onc(C(=O)N(CC3CCCCC3)c3ccccc3)c2C1.O=C(O)C(F)(F)F. The maximum atomic E-state index is 13.6. The summed E-state index contributed by atoms with van der Waals surface area (Å²) in [6.07, 6.45) is 2.00. The first-order chi connectivity index (χ1) is 16.6. The number of aromatic nitrogens is 1. The van der Waals surface area contributed by atoms with E-state index in [0.29, 0.717) is 17.7 Å². The van der Waals surface area contributed by atoms with Crippen LogP contribution in [0.15, 0.2) is 34.9 Å². The Morgan fingerprint density at radius 1 is 1.17 bits per heavy atom. The third-order valence-corrected chi connectivity index (χ3v) is 6.51. The number of amides is 1. The van der Waals surface area contributed by atoms with Crippen LogP contribution in [0.2, 0.25) is 0 Å². The number of carbonyl (C=O) groups excluding carboxylic acids is 1. The summed E-state index contributed by atoms with van der Waals surface area (Å²) < 4.78 is 37.3. The summed E-state index contributed by atoms with van der Waals surface area (Å²) in [4.78, 5) is 26.8. The summed E-state index contributed by atoms with van der Waals surface area (Å²) in [5.41, 5.74) is 2.43. The fraction of sp³-hybridized carbons (Fsp3) is 0.560. The van der Waals surface area contributed by atoms with Crippen LogP contribution in [0.25, 0.3) is 0 Å². The minimum Gasteiger partial charge on any atom is -0.475 e. The van der Waals surface area contributed by atoms with Gasteiger partial charge in [0, 0.05) is 43.3 Å². The molecule has 2 heterocycles. The molecule has 1 N–H and O–H groups in total. The molecule has 10 heteroatoms. The van der Waals surface area contributed by atoms with Gasteiger partial charge in [0.1, 0.15) is 5.76 Å². The standard InChI is InChI=1S/C23H31N3O2.C2HF3O2/c1-17(2)25-14-13-21-20(16-25)22(24-28-21)23(27)26(19-11-7-4-8-12-19)15-18-9-5-3-6-10-18;3-2(4,5)1(6)7/h4,7-8,11-12,17-18H,3,5-6,9-10,13-16H2,1-2H3;(H,6,7). The lowest BCUT2D eigenvalue weighted by Crippen LogP contribution is -2.39. The summed E-state index contributed by atoms with van der Waals surface area (Å²) in [5, 5.41) is 11.4. The van der Waals surface area contributed by atoms with Crippen molar-refractivity contribution in [1.29, 1.82) is 0 Å². The maximum absolute atomic E-state index is 13.6. The maximum Gasteiger partial charge on any atom is 0.490 e. The lowest BCUT2D eigenvalue weighted by molar-refractivity contribution is -0.192. The molecule has 1 aliphatic heterocycles. The van der Waals surface area contributed by atoms with Gasteiger partial charge in [0.05, 0.1) is 0 Å². The molecular weight excluding hydrogens is 463 g/mol. The van der Waals surface area contributed by atoms with Crippen LogP contribution in [-0.2, 0) is 17.8 Å². The number of alkyl halides is 3. The number of nitrogens with zero attached hydrogens (tertiary/aromatic N) is 3. The number of rotatable bonds is 5. The second kappa shape index (κ2) is 11.7. The van der Waals surface area contributed by atoms with Gasteiger partial charge < -0.3 is 14.5 Å². The van der Waals surface area contributed by atoms with E-state index >= 15 is 0 Å². The number of hydrogen-bond donors (Lipinski definition) is 1. The number of carbonyl (C=O) groups is 2. The van der Waals surface area contributed by atoms with Gasteiger partial charge in [-0.15, -0.1) is 0 Å². The first-order valence-electron chi connectivity index (χ1n) is 12.0. The molecule has 2 aliphatic rings. The van der Waals surface area contributed by atoms with Crippen LogP contribution < -0.4 is 4.90 Å². The molecule has 0 radical (unpaired) electrons. The van der Waals surface area contributed by atoms with Gasteiger partial charge in [-0.05, 0) is 44.7 Å². The molecule has 192 valence electrons. The van der Waals surface area contributed by atoms with Crippen LogP contribution in [0.4, 0.5) is 18.9 Å². The van der Waals surface area contributed by atoms with E-state index in [-0.39, 0.29) is 5.91 Å². The monoisotopic (exact) mass is 495 g/mol. The number of carboxylic acid groups (broad SMARTS) is 1. The lowest BCUT2D eigenvalue weighted by Gasteiger charge is -2.31. The van der Waals surface area contributed by atoms with Crippen molar-refractivity contribution in [2.75, 3.05) is 18.0 Å². The van der Waals surface area contributed by atoms with E-state index in [4.69, 9.17) is 14.4 Å². The first-order valence-corrected chi connectivity index (χ1v) is 12.0. The van der Waals surface area contributed by atoms with Crippen LogP contribution in [-0.4, -0.2) is 52.3 Å². The third-order valence-electron chi connectivity index (χ3n) is 6.51.